The fourth-order valence-corrected chi connectivity index (χ4v) is 3.82. The molecule has 1 atom stereocenters. The molecule has 27 heavy (non-hydrogen) atoms. The van der Waals surface area contributed by atoms with Crippen molar-refractivity contribution in [2.75, 3.05) is 32.0 Å². The molecule has 3 aromatic rings. The third-order valence-electron chi connectivity index (χ3n) is 4.21. The number of aliphatic imine (C=N–C) groups is 1. The third-order valence-corrected chi connectivity index (χ3v) is 5.43. The SMILES string of the molecule is CN=C(NCCCNc1ccccc1)NCC(O)c1cc2ccccc2s1. The van der Waals surface area contributed by atoms with Crippen molar-refractivity contribution in [2.24, 2.45) is 4.99 Å². The molecule has 0 fully saturated rings. The minimum absolute atomic E-state index is 0.425. The number of para-hydroxylation sites is 1. The Labute approximate surface area is 164 Å². The second-order valence-corrected chi connectivity index (χ2v) is 7.34. The minimum Gasteiger partial charge on any atom is -0.386 e. The van der Waals surface area contributed by atoms with Crippen molar-refractivity contribution in [3.8, 4) is 0 Å². The molecule has 2 aromatic carbocycles. The summed E-state index contributed by atoms with van der Waals surface area (Å²) in [5.74, 6) is 0.704. The number of nitrogens with one attached hydrogen (secondary N) is 3. The molecule has 5 nitrogen and oxygen atoms in total. The van der Waals surface area contributed by atoms with Gasteiger partial charge in [-0.15, -0.1) is 11.3 Å². The Morgan fingerprint density at radius 2 is 1.81 bits per heavy atom. The molecule has 0 spiro atoms. The van der Waals surface area contributed by atoms with Gasteiger partial charge in [-0.3, -0.25) is 4.99 Å². The van der Waals surface area contributed by atoms with Gasteiger partial charge in [-0.25, -0.2) is 0 Å². The minimum atomic E-state index is -0.555. The number of aliphatic hydroxyl groups excluding tert-OH is 1. The van der Waals surface area contributed by atoms with Gasteiger partial charge in [0, 0.05) is 41.9 Å². The van der Waals surface area contributed by atoms with Crippen molar-refractivity contribution in [1.82, 2.24) is 10.6 Å². The lowest BCUT2D eigenvalue weighted by Crippen LogP contribution is -2.40. The molecule has 0 saturated carbocycles. The molecule has 0 bridgehead atoms. The number of hydrogen-bond acceptors (Lipinski definition) is 4. The van der Waals surface area contributed by atoms with Gasteiger partial charge < -0.3 is 21.1 Å². The summed E-state index contributed by atoms with van der Waals surface area (Å²) in [5.41, 5.74) is 1.13. The lowest BCUT2D eigenvalue weighted by atomic mass is 10.2. The third kappa shape index (κ3) is 5.70. The maximum atomic E-state index is 10.5. The second-order valence-electron chi connectivity index (χ2n) is 6.23. The van der Waals surface area contributed by atoms with Crippen LogP contribution in [0.4, 0.5) is 5.69 Å². The number of fused-ring (bicyclic) bond motifs is 1. The summed E-state index contributed by atoms with van der Waals surface area (Å²) >= 11 is 1.63. The van der Waals surface area contributed by atoms with Gasteiger partial charge in [-0.2, -0.15) is 0 Å². The van der Waals surface area contributed by atoms with Crippen LogP contribution >= 0.6 is 11.3 Å². The predicted octanol–water partition coefficient (Wildman–Crippen LogP) is 3.60. The standard InChI is InChI=1S/C21H26N4OS/c1-22-21(24-13-7-12-23-17-9-3-2-4-10-17)25-15-18(26)20-14-16-8-5-6-11-19(16)27-20/h2-6,8-11,14,18,23,26H,7,12-13,15H2,1H3,(H2,22,24,25). The van der Waals surface area contributed by atoms with Gasteiger partial charge in [0.1, 0.15) is 6.10 Å². The van der Waals surface area contributed by atoms with E-state index < -0.39 is 6.10 Å². The molecule has 4 N–H and O–H groups in total. The molecule has 0 aliphatic heterocycles. The van der Waals surface area contributed by atoms with E-state index in [-0.39, 0.29) is 0 Å². The van der Waals surface area contributed by atoms with Crippen molar-refractivity contribution in [3.05, 3.63) is 65.5 Å². The van der Waals surface area contributed by atoms with E-state index in [0.29, 0.717) is 12.5 Å². The van der Waals surface area contributed by atoms with Crippen LogP contribution in [-0.4, -0.2) is 37.7 Å². The fraction of sp³-hybridized carbons (Fsp3) is 0.286. The van der Waals surface area contributed by atoms with Crippen molar-refractivity contribution in [1.29, 1.82) is 0 Å². The summed E-state index contributed by atoms with van der Waals surface area (Å²) in [5, 5.41) is 21.5. The lowest BCUT2D eigenvalue weighted by Gasteiger charge is -2.15. The normalized spacial score (nSPS) is 12.7. The highest BCUT2D eigenvalue weighted by Crippen LogP contribution is 2.29. The fourth-order valence-electron chi connectivity index (χ4n) is 2.77. The number of hydrogen-bond donors (Lipinski definition) is 4. The number of anilines is 1. The van der Waals surface area contributed by atoms with Crippen LogP contribution in [-0.2, 0) is 0 Å². The summed E-state index contributed by atoms with van der Waals surface area (Å²) in [6.07, 6.45) is 0.412. The maximum absolute atomic E-state index is 10.5. The van der Waals surface area contributed by atoms with E-state index in [4.69, 9.17) is 0 Å². The van der Waals surface area contributed by atoms with Crippen molar-refractivity contribution in [2.45, 2.75) is 12.5 Å². The van der Waals surface area contributed by atoms with E-state index in [1.165, 1.54) is 10.1 Å². The first-order chi connectivity index (χ1) is 13.3. The molecule has 1 heterocycles. The van der Waals surface area contributed by atoms with E-state index in [1.807, 2.05) is 30.3 Å². The average Bonchev–Trinajstić information content (AvgIpc) is 3.15. The van der Waals surface area contributed by atoms with E-state index in [0.717, 1.165) is 30.1 Å². The quantitative estimate of drug-likeness (QED) is 0.273. The van der Waals surface area contributed by atoms with Crippen LogP contribution in [0.1, 0.15) is 17.4 Å². The Morgan fingerprint density at radius 1 is 1.04 bits per heavy atom. The van der Waals surface area contributed by atoms with Gasteiger partial charge in [-0.05, 0) is 36.1 Å². The van der Waals surface area contributed by atoms with Gasteiger partial charge in [0.15, 0.2) is 5.96 Å². The van der Waals surface area contributed by atoms with Crippen LogP contribution in [0.2, 0.25) is 0 Å². The molecular formula is C21H26N4OS. The molecule has 0 radical (unpaired) electrons. The summed E-state index contributed by atoms with van der Waals surface area (Å²) in [7, 11) is 1.74. The highest BCUT2D eigenvalue weighted by molar-refractivity contribution is 7.19. The predicted molar refractivity (Wildman–Crippen MR) is 116 cm³/mol. The topological polar surface area (TPSA) is 68.7 Å². The van der Waals surface area contributed by atoms with E-state index in [9.17, 15) is 5.11 Å². The van der Waals surface area contributed by atoms with Gasteiger partial charge in [-0.1, -0.05) is 36.4 Å². The summed E-state index contributed by atoms with van der Waals surface area (Å²) in [6, 6.07) is 20.4. The molecular weight excluding hydrogens is 356 g/mol. The molecule has 0 saturated heterocycles. The zero-order valence-electron chi connectivity index (χ0n) is 15.5. The molecule has 0 aliphatic rings. The van der Waals surface area contributed by atoms with Gasteiger partial charge in [0.2, 0.25) is 0 Å². The van der Waals surface area contributed by atoms with Crippen LogP contribution in [0.15, 0.2) is 65.7 Å². The average molecular weight is 383 g/mol. The largest absolute Gasteiger partial charge is 0.386 e. The van der Waals surface area contributed by atoms with Gasteiger partial charge in [0.25, 0.3) is 0 Å². The molecule has 3 rings (SSSR count). The van der Waals surface area contributed by atoms with E-state index in [2.05, 4.69) is 51.3 Å². The highest BCUT2D eigenvalue weighted by Gasteiger charge is 2.12. The molecule has 0 amide bonds. The number of aliphatic hydroxyl groups is 1. The van der Waals surface area contributed by atoms with Gasteiger partial charge in [0.05, 0.1) is 0 Å². The monoisotopic (exact) mass is 382 g/mol. The second kappa shape index (κ2) is 9.94. The Bertz CT molecular complexity index is 830. The molecule has 1 aromatic heterocycles. The molecule has 6 heteroatoms. The summed E-state index contributed by atoms with van der Waals surface area (Å²) < 4.78 is 1.19. The van der Waals surface area contributed by atoms with E-state index in [1.54, 1.807) is 18.4 Å². The molecule has 0 aliphatic carbocycles. The summed E-state index contributed by atoms with van der Waals surface area (Å²) in [6.45, 7) is 2.12. The maximum Gasteiger partial charge on any atom is 0.191 e. The van der Waals surface area contributed by atoms with Crippen LogP contribution in [0, 0.1) is 0 Å². The smallest absolute Gasteiger partial charge is 0.191 e. The zero-order valence-corrected chi connectivity index (χ0v) is 16.3. The van der Waals surface area contributed by atoms with Gasteiger partial charge >= 0.3 is 0 Å². The molecule has 142 valence electrons. The Morgan fingerprint density at radius 3 is 2.59 bits per heavy atom. The highest BCUT2D eigenvalue weighted by atomic mass is 32.1. The van der Waals surface area contributed by atoms with Crippen molar-refractivity contribution >= 4 is 33.1 Å². The number of nitrogens with zero attached hydrogens (tertiary/aromatic N) is 1. The van der Waals surface area contributed by atoms with Crippen molar-refractivity contribution in [3.63, 3.8) is 0 Å². The Hall–Kier alpha value is -2.57. The first-order valence-corrected chi connectivity index (χ1v) is 9.98. The number of benzene rings is 2. The first-order valence-electron chi connectivity index (χ1n) is 9.16. The summed E-state index contributed by atoms with van der Waals surface area (Å²) in [4.78, 5) is 5.18. The van der Waals surface area contributed by atoms with E-state index >= 15 is 0 Å². The Kier molecular flexibility index (Phi) is 7.07. The zero-order chi connectivity index (χ0) is 18.9. The van der Waals surface area contributed by atoms with Crippen LogP contribution in [0.25, 0.3) is 10.1 Å². The van der Waals surface area contributed by atoms with Crippen LogP contribution in [0.3, 0.4) is 0 Å². The number of guanidine groups is 1. The number of rotatable bonds is 8. The molecule has 1 unspecified atom stereocenters. The number of thiophene rings is 1. The first kappa shape index (κ1) is 19.2. The van der Waals surface area contributed by atoms with Crippen LogP contribution in [0.5, 0.6) is 0 Å². The Balaban J connectivity index is 1.38. The van der Waals surface area contributed by atoms with Crippen LogP contribution < -0.4 is 16.0 Å². The lowest BCUT2D eigenvalue weighted by molar-refractivity contribution is 0.184. The van der Waals surface area contributed by atoms with Crippen molar-refractivity contribution < 1.29 is 5.11 Å².